The molecule has 2 amide bonds. The average molecular weight is 437 g/mol. The number of benzene rings is 1. The number of nitrogens with zero attached hydrogens (tertiary/aromatic N) is 2. The number of fused-ring (bicyclic) bond motifs is 1. The Balaban J connectivity index is 1.38. The van der Waals surface area contributed by atoms with Crippen LogP contribution in [-0.2, 0) is 11.2 Å². The first-order chi connectivity index (χ1) is 15.2. The fraction of sp³-hybridized carbons (Fsp3) is 0.417. The summed E-state index contributed by atoms with van der Waals surface area (Å²) in [4.78, 5) is 56.8. The van der Waals surface area contributed by atoms with Crippen LogP contribution in [0.15, 0.2) is 41.2 Å². The quantitative estimate of drug-likeness (QED) is 0.763. The number of aromatic nitrogens is 1. The van der Waals surface area contributed by atoms with Crippen molar-refractivity contribution in [3.05, 3.63) is 63.6 Å². The highest BCUT2D eigenvalue weighted by molar-refractivity contribution is 6.02. The van der Waals surface area contributed by atoms with Gasteiger partial charge in [-0.2, -0.15) is 0 Å². The Morgan fingerprint density at radius 3 is 2.41 bits per heavy atom. The van der Waals surface area contributed by atoms with Gasteiger partial charge in [0, 0.05) is 49.5 Å². The average Bonchev–Trinajstić information content (AvgIpc) is 2.73. The molecule has 2 heterocycles. The predicted octanol–water partition coefficient (Wildman–Crippen LogP) is 1.93. The van der Waals surface area contributed by atoms with Crippen LogP contribution in [0.2, 0.25) is 0 Å². The zero-order valence-electron chi connectivity index (χ0n) is 18.4. The lowest BCUT2D eigenvalue weighted by atomic mass is 9.75. The maximum absolute atomic E-state index is 13.0. The Morgan fingerprint density at radius 1 is 1.03 bits per heavy atom. The van der Waals surface area contributed by atoms with Gasteiger partial charge in [0.2, 0.25) is 5.91 Å². The largest absolute Gasteiger partial charge is 0.336 e. The molecular formula is C24H28N4O4. The number of ketones is 1. The lowest BCUT2D eigenvalue weighted by molar-refractivity contribution is -0.117. The molecule has 1 saturated heterocycles. The summed E-state index contributed by atoms with van der Waals surface area (Å²) in [6.45, 7) is 6.11. The molecule has 0 saturated carbocycles. The van der Waals surface area contributed by atoms with E-state index in [9.17, 15) is 19.2 Å². The molecule has 4 rings (SSSR count). The van der Waals surface area contributed by atoms with E-state index in [1.165, 1.54) is 6.07 Å². The monoisotopic (exact) mass is 436 g/mol. The fourth-order valence-electron chi connectivity index (χ4n) is 4.39. The van der Waals surface area contributed by atoms with Crippen LogP contribution >= 0.6 is 0 Å². The highest BCUT2D eigenvalue weighted by atomic mass is 16.2. The van der Waals surface area contributed by atoms with Gasteiger partial charge in [0.15, 0.2) is 5.78 Å². The molecule has 32 heavy (non-hydrogen) atoms. The van der Waals surface area contributed by atoms with Gasteiger partial charge >= 0.3 is 0 Å². The number of nitrogens with one attached hydrogen (secondary N) is 2. The number of piperazine rings is 1. The van der Waals surface area contributed by atoms with Gasteiger partial charge in [-0.15, -0.1) is 0 Å². The molecule has 2 N–H and O–H groups in total. The molecule has 0 bridgehead atoms. The molecule has 2 aliphatic rings. The minimum atomic E-state index is -0.455. The van der Waals surface area contributed by atoms with Crippen molar-refractivity contribution in [3.63, 3.8) is 0 Å². The maximum atomic E-state index is 13.0. The first-order valence-corrected chi connectivity index (χ1v) is 10.9. The van der Waals surface area contributed by atoms with Crippen molar-refractivity contribution in [2.24, 2.45) is 5.41 Å². The van der Waals surface area contributed by atoms with E-state index in [2.05, 4.69) is 10.3 Å². The van der Waals surface area contributed by atoms with Crippen molar-refractivity contribution >= 4 is 23.3 Å². The van der Waals surface area contributed by atoms with Gasteiger partial charge in [-0.3, -0.25) is 24.1 Å². The molecule has 8 heteroatoms. The van der Waals surface area contributed by atoms with Crippen molar-refractivity contribution < 1.29 is 14.4 Å². The molecular weight excluding hydrogens is 408 g/mol. The second-order valence-electron chi connectivity index (χ2n) is 9.33. The molecule has 168 valence electrons. The summed E-state index contributed by atoms with van der Waals surface area (Å²) in [6.07, 6.45) is 0.991. The van der Waals surface area contributed by atoms with Crippen molar-refractivity contribution in [2.75, 3.05) is 38.0 Å². The third kappa shape index (κ3) is 4.80. The van der Waals surface area contributed by atoms with E-state index < -0.39 is 5.56 Å². The van der Waals surface area contributed by atoms with Gasteiger partial charge in [0.05, 0.1) is 6.54 Å². The zero-order chi connectivity index (χ0) is 22.9. The minimum Gasteiger partial charge on any atom is -0.336 e. The lowest BCUT2D eigenvalue weighted by Gasteiger charge is -2.34. The molecule has 1 fully saturated rings. The topological polar surface area (TPSA) is 103 Å². The van der Waals surface area contributed by atoms with Gasteiger partial charge in [0.25, 0.3) is 11.5 Å². The van der Waals surface area contributed by atoms with E-state index in [1.807, 2.05) is 49.1 Å². The summed E-state index contributed by atoms with van der Waals surface area (Å²) in [5, 5.41) is 2.86. The summed E-state index contributed by atoms with van der Waals surface area (Å²) >= 11 is 0. The molecule has 1 aliphatic carbocycles. The number of pyridine rings is 1. The van der Waals surface area contributed by atoms with E-state index in [-0.39, 0.29) is 35.1 Å². The number of para-hydroxylation sites is 1. The normalized spacial score (nSPS) is 18.2. The first-order valence-electron chi connectivity index (χ1n) is 10.9. The third-order valence-electron chi connectivity index (χ3n) is 6.03. The predicted molar refractivity (Wildman–Crippen MR) is 121 cm³/mol. The molecule has 0 atom stereocenters. The number of hydrogen-bond acceptors (Lipinski definition) is 5. The number of carbonyl (C=O) groups excluding carboxylic acids is 3. The van der Waals surface area contributed by atoms with Crippen molar-refractivity contribution in [1.82, 2.24) is 14.8 Å². The number of carbonyl (C=O) groups is 3. The zero-order valence-corrected chi connectivity index (χ0v) is 18.4. The number of rotatable bonds is 4. The van der Waals surface area contributed by atoms with Crippen LogP contribution in [0.3, 0.4) is 0 Å². The van der Waals surface area contributed by atoms with Gasteiger partial charge < -0.3 is 15.2 Å². The van der Waals surface area contributed by atoms with E-state index in [0.717, 1.165) is 5.69 Å². The Hall–Kier alpha value is -3.26. The Labute approximate surface area is 186 Å². The number of H-pyrrole nitrogens is 1. The molecule has 8 nitrogen and oxygen atoms in total. The Bertz CT molecular complexity index is 1100. The van der Waals surface area contributed by atoms with Gasteiger partial charge in [-0.25, -0.2) is 0 Å². The minimum absolute atomic E-state index is 0.00655. The van der Waals surface area contributed by atoms with E-state index in [0.29, 0.717) is 50.3 Å². The summed E-state index contributed by atoms with van der Waals surface area (Å²) in [5.74, 6) is -0.528. The summed E-state index contributed by atoms with van der Waals surface area (Å²) < 4.78 is 0. The molecule has 0 spiro atoms. The van der Waals surface area contributed by atoms with Crippen LogP contribution in [0.5, 0.6) is 0 Å². The van der Waals surface area contributed by atoms with Crippen molar-refractivity contribution in [3.8, 4) is 0 Å². The number of Topliss-reactive ketones (excluding diaryl/α,β-unsaturated/α-hetero) is 1. The first kappa shape index (κ1) is 22.0. The Kier molecular flexibility index (Phi) is 5.97. The van der Waals surface area contributed by atoms with Crippen LogP contribution < -0.4 is 10.9 Å². The van der Waals surface area contributed by atoms with Gasteiger partial charge in [0.1, 0.15) is 5.56 Å². The summed E-state index contributed by atoms with van der Waals surface area (Å²) in [7, 11) is 0. The summed E-state index contributed by atoms with van der Waals surface area (Å²) in [6, 6.07) is 10.7. The highest BCUT2D eigenvalue weighted by Crippen LogP contribution is 2.33. The number of aromatic amines is 1. The second kappa shape index (κ2) is 8.70. The maximum Gasteiger partial charge on any atom is 0.261 e. The molecule has 1 aromatic carbocycles. The fourth-order valence-corrected chi connectivity index (χ4v) is 4.39. The van der Waals surface area contributed by atoms with Crippen molar-refractivity contribution in [1.29, 1.82) is 0 Å². The summed E-state index contributed by atoms with van der Waals surface area (Å²) in [5.41, 5.74) is 1.15. The van der Waals surface area contributed by atoms with E-state index in [1.54, 1.807) is 4.90 Å². The van der Waals surface area contributed by atoms with E-state index >= 15 is 0 Å². The molecule has 0 unspecified atom stereocenters. The smallest absolute Gasteiger partial charge is 0.261 e. The number of hydrogen-bond donors (Lipinski definition) is 2. The highest BCUT2D eigenvalue weighted by Gasteiger charge is 2.33. The standard InChI is InChI=1S/C24H28N4O4/c1-24(2)13-19-17(20(29)14-24)12-18(22(31)26-19)23(32)28-10-8-27(9-11-28)15-21(30)25-16-6-4-3-5-7-16/h3-7,12H,8-11,13-15H2,1-2H3,(H,25,30)(H,26,31). The second-order valence-corrected chi connectivity index (χ2v) is 9.33. The van der Waals surface area contributed by atoms with Gasteiger partial charge in [-0.1, -0.05) is 32.0 Å². The molecule has 1 aromatic heterocycles. The Morgan fingerprint density at radius 2 is 1.72 bits per heavy atom. The number of anilines is 1. The van der Waals surface area contributed by atoms with Crippen LogP contribution in [0, 0.1) is 5.41 Å². The molecule has 0 radical (unpaired) electrons. The molecule has 1 aliphatic heterocycles. The van der Waals surface area contributed by atoms with Crippen LogP contribution in [0.25, 0.3) is 0 Å². The van der Waals surface area contributed by atoms with Crippen LogP contribution in [0.4, 0.5) is 5.69 Å². The van der Waals surface area contributed by atoms with Gasteiger partial charge in [-0.05, 0) is 30.0 Å². The van der Waals surface area contributed by atoms with Crippen molar-refractivity contribution in [2.45, 2.75) is 26.7 Å². The molecule has 2 aromatic rings. The van der Waals surface area contributed by atoms with E-state index in [4.69, 9.17) is 0 Å². The third-order valence-corrected chi connectivity index (χ3v) is 6.03. The van der Waals surface area contributed by atoms with Crippen LogP contribution in [0.1, 0.15) is 46.7 Å². The SMILES string of the molecule is CC1(C)CC(=O)c2cc(C(=O)N3CCN(CC(=O)Nc4ccccc4)CC3)c(=O)[nH]c2C1. The van der Waals surface area contributed by atoms with Crippen LogP contribution in [-0.4, -0.2) is 65.1 Å². The number of amides is 2. The lowest BCUT2D eigenvalue weighted by Crippen LogP contribution is -2.51.